The highest BCUT2D eigenvalue weighted by Crippen LogP contribution is 2.35. The lowest BCUT2D eigenvalue weighted by Gasteiger charge is -2.23. The molecule has 0 amide bonds. The fourth-order valence-electron chi connectivity index (χ4n) is 2.97. The summed E-state index contributed by atoms with van der Waals surface area (Å²) in [5, 5.41) is 0.496. The molecule has 0 aliphatic carbocycles. The Morgan fingerprint density at radius 3 is 2.75 bits per heavy atom. The summed E-state index contributed by atoms with van der Waals surface area (Å²) in [6.07, 6.45) is -1.93. The summed E-state index contributed by atoms with van der Waals surface area (Å²) in [7, 11) is 1.49. The van der Waals surface area contributed by atoms with Gasteiger partial charge < -0.3 is 18.8 Å². The number of halogens is 3. The third-order valence-electron chi connectivity index (χ3n) is 4.16. The maximum absolute atomic E-state index is 13.3. The normalized spacial score (nSPS) is 18.9. The van der Waals surface area contributed by atoms with E-state index < -0.39 is 11.9 Å². The molecule has 1 aliphatic heterocycles. The van der Waals surface area contributed by atoms with Crippen molar-refractivity contribution >= 4 is 10.9 Å². The van der Waals surface area contributed by atoms with Gasteiger partial charge in [0.1, 0.15) is 11.4 Å². The van der Waals surface area contributed by atoms with E-state index in [1.165, 1.54) is 11.7 Å². The van der Waals surface area contributed by atoms with Crippen molar-refractivity contribution in [2.75, 3.05) is 20.3 Å². The van der Waals surface area contributed by atoms with Gasteiger partial charge in [-0.2, -0.15) is 13.2 Å². The number of hydrogen-bond donors (Lipinski definition) is 0. The van der Waals surface area contributed by atoms with Crippen molar-refractivity contribution in [2.45, 2.75) is 38.3 Å². The zero-order valence-corrected chi connectivity index (χ0v) is 13.4. The number of fused-ring (bicyclic) bond motifs is 1. The quantitative estimate of drug-likeness (QED) is 0.815. The zero-order chi connectivity index (χ0) is 17.2. The first kappa shape index (κ1) is 17.1. The van der Waals surface area contributed by atoms with Crippen LogP contribution in [0.25, 0.3) is 10.9 Å². The molecule has 1 saturated heterocycles. The van der Waals surface area contributed by atoms with Crippen molar-refractivity contribution in [1.29, 1.82) is 0 Å². The molecule has 0 spiro atoms. The molecule has 1 aromatic heterocycles. The molecule has 1 fully saturated rings. The predicted molar refractivity (Wildman–Crippen MR) is 83.0 cm³/mol. The summed E-state index contributed by atoms with van der Waals surface area (Å²) in [5.41, 5.74) is -0.171. The molecule has 3 rings (SSSR count). The van der Waals surface area contributed by atoms with E-state index in [0.717, 1.165) is 25.3 Å². The lowest BCUT2D eigenvalue weighted by Crippen LogP contribution is -2.24. The number of hydrogen-bond acceptors (Lipinski definition) is 3. The van der Waals surface area contributed by atoms with Crippen molar-refractivity contribution in [1.82, 2.24) is 4.57 Å². The predicted octanol–water partition coefficient (Wildman–Crippen LogP) is 4.21. The van der Waals surface area contributed by atoms with Gasteiger partial charge in [0.25, 0.3) is 0 Å². The zero-order valence-electron chi connectivity index (χ0n) is 13.4. The minimum Gasteiger partial charge on any atom is -0.497 e. The topological polar surface area (TPSA) is 32.6 Å². The SMILES string of the molecule is COc1ccc2c(c1)cc(C(F)(F)F)n2CCOC1CCCCO1. The first-order valence-corrected chi connectivity index (χ1v) is 7.97. The average Bonchev–Trinajstić information content (AvgIpc) is 2.94. The van der Waals surface area contributed by atoms with Gasteiger partial charge in [0.15, 0.2) is 6.29 Å². The van der Waals surface area contributed by atoms with Crippen LogP contribution in [0.3, 0.4) is 0 Å². The summed E-state index contributed by atoms with van der Waals surface area (Å²) < 4.78 is 57.4. The van der Waals surface area contributed by atoms with Crippen LogP contribution < -0.4 is 4.74 Å². The molecule has 2 heterocycles. The third-order valence-corrected chi connectivity index (χ3v) is 4.16. The molecule has 1 aromatic carbocycles. The van der Waals surface area contributed by atoms with Crippen molar-refractivity contribution in [3.8, 4) is 5.75 Å². The molecule has 1 unspecified atom stereocenters. The van der Waals surface area contributed by atoms with Crippen LogP contribution in [0.15, 0.2) is 24.3 Å². The molecule has 0 radical (unpaired) electrons. The van der Waals surface area contributed by atoms with Gasteiger partial charge in [0.2, 0.25) is 0 Å². The van der Waals surface area contributed by atoms with E-state index in [2.05, 4.69) is 0 Å². The Morgan fingerprint density at radius 1 is 1.25 bits per heavy atom. The Hall–Kier alpha value is -1.73. The molecule has 0 saturated carbocycles. The van der Waals surface area contributed by atoms with E-state index >= 15 is 0 Å². The van der Waals surface area contributed by atoms with Crippen LogP contribution in [0.4, 0.5) is 13.2 Å². The standard InChI is InChI=1S/C17H20F3NO3/c1-22-13-5-6-14-12(10-13)11-15(17(18,19)20)21(14)7-9-24-16-4-2-3-8-23-16/h5-6,10-11,16H,2-4,7-9H2,1H3. The molecule has 132 valence electrons. The number of benzene rings is 1. The van der Waals surface area contributed by atoms with Gasteiger partial charge in [-0.05, 0) is 43.5 Å². The molecule has 7 heteroatoms. The van der Waals surface area contributed by atoms with Crippen LogP contribution in [-0.4, -0.2) is 31.2 Å². The maximum Gasteiger partial charge on any atom is 0.431 e. The Balaban J connectivity index is 1.81. The van der Waals surface area contributed by atoms with E-state index in [1.807, 2.05) is 0 Å². The Labute approximate surface area is 138 Å². The molecule has 1 aliphatic rings. The number of nitrogens with zero attached hydrogens (tertiary/aromatic N) is 1. The van der Waals surface area contributed by atoms with E-state index in [4.69, 9.17) is 14.2 Å². The second-order valence-corrected chi connectivity index (χ2v) is 5.77. The van der Waals surface area contributed by atoms with Crippen molar-refractivity contribution < 1.29 is 27.4 Å². The summed E-state index contributed by atoms with van der Waals surface area (Å²) in [4.78, 5) is 0. The largest absolute Gasteiger partial charge is 0.497 e. The van der Waals surface area contributed by atoms with Crippen LogP contribution in [0.1, 0.15) is 25.0 Å². The summed E-state index contributed by atoms with van der Waals surface area (Å²) in [6.45, 7) is 0.929. The monoisotopic (exact) mass is 343 g/mol. The molecule has 24 heavy (non-hydrogen) atoms. The van der Waals surface area contributed by atoms with Crippen LogP contribution in [-0.2, 0) is 22.2 Å². The average molecular weight is 343 g/mol. The fraction of sp³-hybridized carbons (Fsp3) is 0.529. The van der Waals surface area contributed by atoms with Crippen LogP contribution >= 0.6 is 0 Å². The number of methoxy groups -OCH3 is 1. The van der Waals surface area contributed by atoms with E-state index in [1.54, 1.807) is 18.2 Å². The highest BCUT2D eigenvalue weighted by Gasteiger charge is 2.35. The smallest absolute Gasteiger partial charge is 0.431 e. The van der Waals surface area contributed by atoms with Gasteiger partial charge >= 0.3 is 6.18 Å². The lowest BCUT2D eigenvalue weighted by atomic mass is 10.2. The first-order valence-electron chi connectivity index (χ1n) is 7.97. The Morgan fingerprint density at radius 2 is 2.08 bits per heavy atom. The Kier molecular flexibility index (Phi) is 5.01. The molecule has 0 bridgehead atoms. The van der Waals surface area contributed by atoms with Crippen molar-refractivity contribution in [3.05, 3.63) is 30.0 Å². The molecule has 0 N–H and O–H groups in total. The van der Waals surface area contributed by atoms with E-state index in [9.17, 15) is 13.2 Å². The third kappa shape index (κ3) is 3.67. The Bertz CT molecular complexity index is 690. The van der Waals surface area contributed by atoms with Gasteiger partial charge in [0, 0.05) is 24.1 Å². The molecule has 4 nitrogen and oxygen atoms in total. The van der Waals surface area contributed by atoms with Crippen LogP contribution in [0.5, 0.6) is 5.75 Å². The highest BCUT2D eigenvalue weighted by molar-refractivity contribution is 5.83. The van der Waals surface area contributed by atoms with Crippen molar-refractivity contribution in [2.24, 2.45) is 0 Å². The van der Waals surface area contributed by atoms with E-state index in [-0.39, 0.29) is 19.4 Å². The van der Waals surface area contributed by atoms with Gasteiger partial charge in [-0.25, -0.2) is 0 Å². The van der Waals surface area contributed by atoms with Gasteiger partial charge in [-0.3, -0.25) is 0 Å². The molecular weight excluding hydrogens is 323 g/mol. The number of rotatable bonds is 5. The van der Waals surface area contributed by atoms with Crippen molar-refractivity contribution in [3.63, 3.8) is 0 Å². The second kappa shape index (κ2) is 7.03. The summed E-state index contributed by atoms with van der Waals surface area (Å²) >= 11 is 0. The molecule has 1 atom stereocenters. The summed E-state index contributed by atoms with van der Waals surface area (Å²) in [5.74, 6) is 0.528. The number of ether oxygens (including phenoxy) is 3. The van der Waals surface area contributed by atoms with Crippen LogP contribution in [0, 0.1) is 0 Å². The van der Waals surface area contributed by atoms with E-state index in [0.29, 0.717) is 23.3 Å². The second-order valence-electron chi connectivity index (χ2n) is 5.77. The molecular formula is C17H20F3NO3. The minimum absolute atomic E-state index is 0.116. The maximum atomic E-state index is 13.3. The minimum atomic E-state index is -4.42. The van der Waals surface area contributed by atoms with Crippen LogP contribution in [0.2, 0.25) is 0 Å². The number of aromatic nitrogens is 1. The highest BCUT2D eigenvalue weighted by atomic mass is 19.4. The lowest BCUT2D eigenvalue weighted by molar-refractivity contribution is -0.165. The fourth-order valence-corrected chi connectivity index (χ4v) is 2.97. The molecule has 2 aromatic rings. The first-order chi connectivity index (χ1) is 11.5. The van der Waals surface area contributed by atoms with Gasteiger partial charge in [-0.15, -0.1) is 0 Å². The van der Waals surface area contributed by atoms with Gasteiger partial charge in [-0.1, -0.05) is 0 Å². The number of alkyl halides is 3. The van der Waals surface area contributed by atoms with Gasteiger partial charge in [0.05, 0.1) is 13.7 Å². The summed E-state index contributed by atoms with van der Waals surface area (Å²) in [6, 6.07) is 6.05.